The van der Waals surface area contributed by atoms with Gasteiger partial charge in [-0.3, -0.25) is 0 Å². The lowest BCUT2D eigenvalue weighted by Gasteiger charge is -2.07. The summed E-state index contributed by atoms with van der Waals surface area (Å²) in [6.45, 7) is 4.26. The first-order valence-electron chi connectivity index (χ1n) is 4.08. The van der Waals surface area contributed by atoms with Gasteiger partial charge in [0.15, 0.2) is 0 Å². The normalized spacial score (nSPS) is 12.8. The average Bonchev–Trinajstić information content (AvgIpc) is 2.02. The van der Waals surface area contributed by atoms with E-state index in [0.29, 0.717) is 10.4 Å². The van der Waals surface area contributed by atoms with E-state index >= 15 is 0 Å². The summed E-state index contributed by atoms with van der Waals surface area (Å²) in [4.78, 5) is 7.85. The first-order valence-corrected chi connectivity index (χ1v) is 5.34. The maximum atomic E-state index is 5.73. The standard InChI is InChI=1S/C8H12ClN3S/c1-3-5(2)13-7-4-6(9)11-8(10)12-7/h4-5H,3H2,1-2H3,(H2,10,11,12). The Balaban J connectivity index is 2.77. The summed E-state index contributed by atoms with van der Waals surface area (Å²) in [6.07, 6.45) is 1.09. The number of halogens is 1. The highest BCUT2D eigenvalue weighted by atomic mass is 35.5. The molecule has 1 heterocycles. The van der Waals surface area contributed by atoms with Gasteiger partial charge in [-0.25, -0.2) is 9.97 Å². The number of nitrogens with zero attached hydrogens (tertiary/aromatic N) is 2. The van der Waals surface area contributed by atoms with E-state index < -0.39 is 0 Å². The van der Waals surface area contributed by atoms with E-state index in [4.69, 9.17) is 17.3 Å². The summed E-state index contributed by atoms with van der Waals surface area (Å²) in [6, 6.07) is 1.73. The van der Waals surface area contributed by atoms with Crippen molar-refractivity contribution >= 4 is 29.3 Å². The SMILES string of the molecule is CCC(C)Sc1cc(Cl)nc(N)n1. The number of anilines is 1. The highest BCUT2D eigenvalue weighted by Crippen LogP contribution is 2.25. The topological polar surface area (TPSA) is 51.8 Å². The molecule has 72 valence electrons. The average molecular weight is 218 g/mol. The summed E-state index contributed by atoms with van der Waals surface area (Å²) >= 11 is 7.39. The molecule has 0 aliphatic rings. The summed E-state index contributed by atoms with van der Waals surface area (Å²) < 4.78 is 0. The maximum Gasteiger partial charge on any atom is 0.222 e. The van der Waals surface area contributed by atoms with Gasteiger partial charge in [-0.05, 0) is 6.42 Å². The van der Waals surface area contributed by atoms with E-state index in [1.54, 1.807) is 17.8 Å². The van der Waals surface area contributed by atoms with Crippen LogP contribution in [0.5, 0.6) is 0 Å². The lowest BCUT2D eigenvalue weighted by Crippen LogP contribution is -1.98. The minimum atomic E-state index is 0.235. The Labute approximate surface area is 87.1 Å². The van der Waals surface area contributed by atoms with E-state index in [-0.39, 0.29) is 5.95 Å². The van der Waals surface area contributed by atoms with Gasteiger partial charge in [-0.2, -0.15) is 0 Å². The van der Waals surface area contributed by atoms with Gasteiger partial charge in [0.2, 0.25) is 5.95 Å². The van der Waals surface area contributed by atoms with E-state index in [0.717, 1.165) is 11.4 Å². The fraction of sp³-hybridized carbons (Fsp3) is 0.500. The molecule has 3 nitrogen and oxygen atoms in total. The molecule has 1 unspecified atom stereocenters. The fourth-order valence-electron chi connectivity index (χ4n) is 0.764. The maximum absolute atomic E-state index is 5.73. The number of rotatable bonds is 3. The van der Waals surface area contributed by atoms with E-state index in [2.05, 4.69) is 23.8 Å². The third kappa shape index (κ3) is 3.40. The van der Waals surface area contributed by atoms with Crippen LogP contribution in [0.25, 0.3) is 0 Å². The van der Waals surface area contributed by atoms with Crippen molar-refractivity contribution in [1.29, 1.82) is 0 Å². The molecule has 0 aliphatic heterocycles. The second-order valence-electron chi connectivity index (χ2n) is 2.72. The monoisotopic (exact) mass is 217 g/mol. The van der Waals surface area contributed by atoms with Crippen LogP contribution in [-0.4, -0.2) is 15.2 Å². The Kier molecular flexibility index (Phi) is 3.81. The molecule has 1 rings (SSSR count). The van der Waals surface area contributed by atoms with Crippen LogP contribution in [0.3, 0.4) is 0 Å². The van der Waals surface area contributed by atoms with Crippen LogP contribution in [-0.2, 0) is 0 Å². The largest absolute Gasteiger partial charge is 0.368 e. The van der Waals surface area contributed by atoms with Crippen molar-refractivity contribution in [3.63, 3.8) is 0 Å². The number of hydrogen-bond acceptors (Lipinski definition) is 4. The molecule has 0 radical (unpaired) electrons. The molecule has 5 heteroatoms. The van der Waals surface area contributed by atoms with Gasteiger partial charge in [0.1, 0.15) is 10.2 Å². The van der Waals surface area contributed by atoms with Crippen molar-refractivity contribution in [2.75, 3.05) is 5.73 Å². The van der Waals surface area contributed by atoms with Crippen molar-refractivity contribution in [2.24, 2.45) is 0 Å². The summed E-state index contributed by atoms with van der Waals surface area (Å²) in [5.74, 6) is 0.235. The molecule has 0 aromatic carbocycles. The second-order valence-corrected chi connectivity index (χ2v) is 4.57. The third-order valence-corrected chi connectivity index (χ3v) is 2.97. The number of nitrogen functional groups attached to an aromatic ring is 1. The number of hydrogen-bond donors (Lipinski definition) is 1. The molecule has 2 N–H and O–H groups in total. The van der Waals surface area contributed by atoms with Crippen LogP contribution < -0.4 is 5.73 Å². The lowest BCUT2D eigenvalue weighted by molar-refractivity contribution is 0.900. The van der Waals surface area contributed by atoms with Crippen molar-refractivity contribution < 1.29 is 0 Å². The molecule has 13 heavy (non-hydrogen) atoms. The van der Waals surface area contributed by atoms with Crippen molar-refractivity contribution in [3.05, 3.63) is 11.2 Å². The predicted octanol–water partition coefficient (Wildman–Crippen LogP) is 2.60. The van der Waals surface area contributed by atoms with Gasteiger partial charge in [-0.1, -0.05) is 25.4 Å². The van der Waals surface area contributed by atoms with Gasteiger partial charge in [0.25, 0.3) is 0 Å². The molecule has 0 amide bonds. The van der Waals surface area contributed by atoms with E-state index in [1.807, 2.05) is 0 Å². The summed E-state index contributed by atoms with van der Waals surface area (Å²) in [5.41, 5.74) is 5.46. The first kappa shape index (κ1) is 10.6. The first-order chi connectivity index (χ1) is 6.11. The zero-order chi connectivity index (χ0) is 9.84. The van der Waals surface area contributed by atoms with Crippen LogP contribution in [0.15, 0.2) is 11.1 Å². The van der Waals surface area contributed by atoms with Crippen LogP contribution >= 0.6 is 23.4 Å². The second kappa shape index (κ2) is 4.67. The van der Waals surface area contributed by atoms with E-state index in [9.17, 15) is 0 Å². The van der Waals surface area contributed by atoms with Crippen LogP contribution in [0.1, 0.15) is 20.3 Å². The Morgan fingerprint density at radius 1 is 1.62 bits per heavy atom. The van der Waals surface area contributed by atoms with Gasteiger partial charge in [-0.15, -0.1) is 11.8 Å². The predicted molar refractivity (Wildman–Crippen MR) is 57.1 cm³/mol. The Bertz CT molecular complexity index is 272. The number of nitrogens with two attached hydrogens (primary N) is 1. The molecular formula is C8H12ClN3S. The molecule has 0 bridgehead atoms. The van der Waals surface area contributed by atoms with Gasteiger partial charge >= 0.3 is 0 Å². The molecular weight excluding hydrogens is 206 g/mol. The smallest absolute Gasteiger partial charge is 0.222 e. The molecule has 0 saturated carbocycles. The lowest BCUT2D eigenvalue weighted by atomic mass is 10.4. The molecule has 1 atom stereocenters. The zero-order valence-corrected chi connectivity index (χ0v) is 9.19. The molecule has 0 fully saturated rings. The van der Waals surface area contributed by atoms with Gasteiger partial charge in [0, 0.05) is 11.3 Å². The number of thioether (sulfide) groups is 1. The van der Waals surface area contributed by atoms with Crippen molar-refractivity contribution in [3.8, 4) is 0 Å². The number of aromatic nitrogens is 2. The summed E-state index contributed by atoms with van der Waals surface area (Å²) in [5, 5.41) is 1.76. The Morgan fingerprint density at radius 3 is 2.85 bits per heavy atom. The van der Waals surface area contributed by atoms with Gasteiger partial charge < -0.3 is 5.73 Å². The molecule has 0 spiro atoms. The molecule has 0 aliphatic carbocycles. The highest BCUT2D eigenvalue weighted by Gasteiger charge is 2.05. The summed E-state index contributed by atoms with van der Waals surface area (Å²) in [7, 11) is 0. The van der Waals surface area contributed by atoms with Crippen molar-refractivity contribution in [2.45, 2.75) is 30.5 Å². The fourth-order valence-corrected chi connectivity index (χ4v) is 1.92. The van der Waals surface area contributed by atoms with Crippen LogP contribution in [0.2, 0.25) is 5.15 Å². The van der Waals surface area contributed by atoms with Crippen LogP contribution in [0.4, 0.5) is 5.95 Å². The van der Waals surface area contributed by atoms with Gasteiger partial charge in [0.05, 0.1) is 0 Å². The molecule has 1 aromatic heterocycles. The van der Waals surface area contributed by atoms with Crippen LogP contribution in [0, 0.1) is 0 Å². The Morgan fingerprint density at radius 2 is 2.31 bits per heavy atom. The quantitative estimate of drug-likeness (QED) is 0.625. The third-order valence-electron chi connectivity index (χ3n) is 1.59. The highest BCUT2D eigenvalue weighted by molar-refractivity contribution is 7.99. The van der Waals surface area contributed by atoms with E-state index in [1.165, 1.54) is 0 Å². The zero-order valence-electron chi connectivity index (χ0n) is 7.62. The molecule has 1 aromatic rings. The minimum absolute atomic E-state index is 0.235. The Hall–Kier alpha value is -0.480. The minimum Gasteiger partial charge on any atom is -0.368 e. The molecule has 0 saturated heterocycles. The van der Waals surface area contributed by atoms with Crippen molar-refractivity contribution in [1.82, 2.24) is 9.97 Å².